The van der Waals surface area contributed by atoms with E-state index >= 15 is 0 Å². The van der Waals surface area contributed by atoms with Crippen molar-refractivity contribution in [1.29, 1.82) is 0 Å². The van der Waals surface area contributed by atoms with E-state index in [2.05, 4.69) is 22.4 Å². The molecule has 0 radical (unpaired) electrons. The van der Waals surface area contributed by atoms with Gasteiger partial charge in [-0.1, -0.05) is 11.8 Å². The van der Waals surface area contributed by atoms with Gasteiger partial charge in [-0.3, -0.25) is 0 Å². The fraction of sp³-hybridized carbons (Fsp3) is 0. The Kier molecular flexibility index (Phi) is 1.57. The second-order valence-electron chi connectivity index (χ2n) is 2.71. The number of thioether (sulfide) groups is 1. The summed E-state index contributed by atoms with van der Waals surface area (Å²) in [6, 6.07) is 4.21. The predicted octanol–water partition coefficient (Wildman–Crippen LogP) is 3.29. The predicted molar refractivity (Wildman–Crippen MR) is 58.2 cm³/mol. The maximum absolute atomic E-state index is 4.36. The molecule has 2 aromatic rings. The van der Waals surface area contributed by atoms with Gasteiger partial charge in [-0.25, -0.2) is 4.98 Å². The Balaban J connectivity index is 2.38. The highest BCUT2D eigenvalue weighted by Crippen LogP contribution is 2.38. The van der Waals surface area contributed by atoms with E-state index in [9.17, 15) is 0 Å². The first-order chi connectivity index (χ1) is 6.45. The number of aromatic nitrogens is 1. The van der Waals surface area contributed by atoms with Crippen molar-refractivity contribution in [3.63, 3.8) is 0 Å². The van der Waals surface area contributed by atoms with Crippen molar-refractivity contribution in [2.45, 2.75) is 4.90 Å². The number of anilines is 1. The molecular weight excluding hydrogens is 200 g/mol. The van der Waals surface area contributed by atoms with Crippen molar-refractivity contribution in [3.05, 3.63) is 29.3 Å². The van der Waals surface area contributed by atoms with Crippen LogP contribution in [0.3, 0.4) is 0 Å². The van der Waals surface area contributed by atoms with E-state index in [0.29, 0.717) is 0 Å². The Morgan fingerprint density at radius 1 is 1.31 bits per heavy atom. The van der Waals surface area contributed by atoms with Crippen LogP contribution in [0, 0.1) is 0 Å². The molecule has 0 fully saturated rings. The molecular formula is C9H6N2S2. The smallest absolute Gasteiger partial charge is 0.0972 e. The van der Waals surface area contributed by atoms with Crippen LogP contribution in [0.1, 0.15) is 0 Å². The highest BCUT2D eigenvalue weighted by molar-refractivity contribution is 8.02. The first-order valence-electron chi connectivity index (χ1n) is 3.89. The third-order valence-electron chi connectivity index (χ3n) is 1.95. The Morgan fingerprint density at radius 2 is 2.31 bits per heavy atom. The van der Waals surface area contributed by atoms with E-state index in [4.69, 9.17) is 0 Å². The van der Waals surface area contributed by atoms with Crippen LogP contribution in [0.4, 0.5) is 5.69 Å². The highest BCUT2D eigenvalue weighted by atomic mass is 32.2. The zero-order valence-corrected chi connectivity index (χ0v) is 8.28. The average molecular weight is 206 g/mol. The Labute approximate surface area is 83.7 Å². The van der Waals surface area contributed by atoms with Crippen molar-refractivity contribution in [3.8, 4) is 0 Å². The summed E-state index contributed by atoms with van der Waals surface area (Å²) in [4.78, 5) is 5.59. The zero-order valence-electron chi connectivity index (χ0n) is 6.65. The number of benzene rings is 1. The van der Waals surface area contributed by atoms with Gasteiger partial charge in [0.2, 0.25) is 0 Å². The number of rotatable bonds is 0. The molecule has 3 rings (SSSR count). The Morgan fingerprint density at radius 3 is 3.31 bits per heavy atom. The van der Waals surface area contributed by atoms with Crippen molar-refractivity contribution in [1.82, 2.24) is 4.98 Å². The van der Waals surface area contributed by atoms with Gasteiger partial charge in [-0.2, -0.15) is 0 Å². The third-order valence-corrected chi connectivity index (χ3v) is 3.66. The van der Waals surface area contributed by atoms with Gasteiger partial charge < -0.3 is 5.32 Å². The van der Waals surface area contributed by atoms with Crippen LogP contribution < -0.4 is 5.32 Å². The molecule has 1 aliphatic heterocycles. The summed E-state index contributed by atoms with van der Waals surface area (Å²) in [5, 5.41) is 5.25. The first-order valence-corrected chi connectivity index (χ1v) is 5.65. The Bertz CT molecular complexity index is 487. The summed E-state index contributed by atoms with van der Waals surface area (Å²) in [6.45, 7) is 0. The fourth-order valence-electron chi connectivity index (χ4n) is 1.37. The second-order valence-corrected chi connectivity index (χ2v) is 4.51. The largest absolute Gasteiger partial charge is 0.360 e. The molecule has 0 bridgehead atoms. The lowest BCUT2D eigenvalue weighted by Crippen LogP contribution is -1.93. The van der Waals surface area contributed by atoms with E-state index in [-0.39, 0.29) is 0 Å². The van der Waals surface area contributed by atoms with Gasteiger partial charge in [0.25, 0.3) is 0 Å². The van der Waals surface area contributed by atoms with Gasteiger partial charge >= 0.3 is 0 Å². The number of nitrogens with one attached hydrogen (secondary N) is 1. The van der Waals surface area contributed by atoms with Gasteiger partial charge in [-0.15, -0.1) is 11.3 Å². The van der Waals surface area contributed by atoms with E-state index < -0.39 is 0 Å². The number of hydrogen-bond donors (Lipinski definition) is 1. The van der Waals surface area contributed by atoms with Crippen molar-refractivity contribution < 1.29 is 0 Å². The molecule has 4 heteroatoms. The third kappa shape index (κ3) is 1.06. The van der Waals surface area contributed by atoms with E-state index in [1.54, 1.807) is 23.1 Å². The van der Waals surface area contributed by atoms with Crippen molar-refractivity contribution in [2.24, 2.45) is 0 Å². The van der Waals surface area contributed by atoms with Crippen LogP contribution in [-0.4, -0.2) is 4.98 Å². The number of fused-ring (bicyclic) bond motifs is 3. The van der Waals surface area contributed by atoms with Gasteiger partial charge in [0.15, 0.2) is 0 Å². The molecule has 1 aromatic carbocycles. The van der Waals surface area contributed by atoms with Crippen LogP contribution in [0.5, 0.6) is 0 Å². The summed E-state index contributed by atoms with van der Waals surface area (Å²) in [6.07, 6.45) is 1.95. The molecule has 13 heavy (non-hydrogen) atoms. The molecule has 0 amide bonds. The van der Waals surface area contributed by atoms with Crippen LogP contribution in [0.2, 0.25) is 0 Å². The van der Waals surface area contributed by atoms with Crippen molar-refractivity contribution in [2.75, 3.05) is 5.32 Å². The Hall–Kier alpha value is -1.00. The average Bonchev–Trinajstić information content (AvgIpc) is 2.65. The van der Waals surface area contributed by atoms with Gasteiger partial charge in [0.1, 0.15) is 0 Å². The standard InChI is InChI=1S/C9H6N2S2/c1-2-7-8(11-5-13-7)9-6(1)10-3-4-12-9/h1-5,10H. The lowest BCUT2D eigenvalue weighted by atomic mass is 10.3. The maximum Gasteiger partial charge on any atom is 0.0972 e. The minimum Gasteiger partial charge on any atom is -0.360 e. The summed E-state index contributed by atoms with van der Waals surface area (Å²) < 4.78 is 1.25. The molecule has 0 saturated carbocycles. The summed E-state index contributed by atoms with van der Waals surface area (Å²) in [7, 11) is 0. The van der Waals surface area contributed by atoms with Crippen LogP contribution in [-0.2, 0) is 0 Å². The molecule has 0 aliphatic carbocycles. The lowest BCUT2D eigenvalue weighted by molar-refractivity contribution is 1.39. The minimum atomic E-state index is 1.12. The molecule has 2 nitrogen and oxygen atoms in total. The van der Waals surface area contributed by atoms with Gasteiger partial charge in [0.05, 0.1) is 26.3 Å². The number of thiazole rings is 1. The zero-order chi connectivity index (χ0) is 8.67. The monoisotopic (exact) mass is 206 g/mol. The molecule has 1 aliphatic rings. The van der Waals surface area contributed by atoms with Crippen LogP contribution in [0.25, 0.3) is 10.2 Å². The molecule has 1 aromatic heterocycles. The molecule has 0 atom stereocenters. The molecule has 1 N–H and O–H groups in total. The minimum absolute atomic E-state index is 1.12. The summed E-state index contributed by atoms with van der Waals surface area (Å²) in [5.41, 5.74) is 4.17. The quantitative estimate of drug-likeness (QED) is 0.716. The number of hydrogen-bond acceptors (Lipinski definition) is 4. The van der Waals surface area contributed by atoms with E-state index in [1.807, 2.05) is 17.1 Å². The van der Waals surface area contributed by atoms with E-state index in [1.165, 1.54) is 9.60 Å². The molecule has 2 heterocycles. The van der Waals surface area contributed by atoms with E-state index in [0.717, 1.165) is 11.2 Å². The fourth-order valence-corrected chi connectivity index (χ4v) is 2.91. The van der Waals surface area contributed by atoms with Gasteiger partial charge in [-0.05, 0) is 17.5 Å². The normalized spacial score (nSPS) is 14.2. The van der Waals surface area contributed by atoms with Crippen LogP contribution in [0.15, 0.2) is 34.1 Å². The molecule has 64 valence electrons. The van der Waals surface area contributed by atoms with Gasteiger partial charge in [0, 0.05) is 6.20 Å². The SMILES string of the molecule is C1=CSc2c(ccc3scnc23)N1. The van der Waals surface area contributed by atoms with Crippen LogP contribution >= 0.6 is 23.1 Å². The second kappa shape index (κ2) is 2.75. The molecule has 0 unspecified atom stereocenters. The maximum atomic E-state index is 4.36. The number of nitrogens with zero attached hydrogens (tertiary/aromatic N) is 1. The topological polar surface area (TPSA) is 24.9 Å². The first kappa shape index (κ1) is 7.41. The summed E-state index contributed by atoms with van der Waals surface area (Å²) in [5.74, 6) is 0. The summed E-state index contributed by atoms with van der Waals surface area (Å²) >= 11 is 3.41. The molecule has 0 spiro atoms. The highest BCUT2D eigenvalue weighted by Gasteiger charge is 2.10. The van der Waals surface area contributed by atoms with Crippen molar-refractivity contribution >= 4 is 39.0 Å². The lowest BCUT2D eigenvalue weighted by Gasteiger charge is -2.11. The molecule has 0 saturated heterocycles.